The Balaban J connectivity index is 2.45. The van der Waals surface area contributed by atoms with Gasteiger partial charge in [-0.3, -0.25) is 0 Å². The van der Waals surface area contributed by atoms with E-state index < -0.39 is 0 Å². The van der Waals surface area contributed by atoms with Crippen molar-refractivity contribution in [2.75, 3.05) is 7.05 Å². The largest absolute Gasteiger partial charge is 0.464 e. The average Bonchev–Trinajstić information content (AvgIpc) is 2.82. The summed E-state index contributed by atoms with van der Waals surface area (Å²) in [6, 6.07) is 8.77. The topological polar surface area (TPSA) is 25.2 Å². The van der Waals surface area contributed by atoms with Crippen LogP contribution >= 0.6 is 0 Å². The number of rotatable bonds is 3. The van der Waals surface area contributed by atoms with E-state index in [0.29, 0.717) is 11.3 Å². The maximum Gasteiger partial charge on any atom is 0.136 e. The standard InChI is InChI=1S/C13H14FNO/c1-9(15-2)10-5-6-12(14)11(8-10)13-4-3-7-16-13/h3-9,15H,1-2H3. The van der Waals surface area contributed by atoms with Gasteiger partial charge in [-0.15, -0.1) is 0 Å². The molecule has 0 fully saturated rings. The number of benzene rings is 1. The van der Waals surface area contributed by atoms with E-state index in [9.17, 15) is 4.39 Å². The summed E-state index contributed by atoms with van der Waals surface area (Å²) < 4.78 is 18.8. The summed E-state index contributed by atoms with van der Waals surface area (Å²) in [5, 5.41) is 3.12. The van der Waals surface area contributed by atoms with E-state index in [1.165, 1.54) is 6.07 Å². The molecule has 0 aliphatic heterocycles. The summed E-state index contributed by atoms with van der Waals surface area (Å²) in [6.07, 6.45) is 1.54. The molecular weight excluding hydrogens is 205 g/mol. The molecule has 1 heterocycles. The van der Waals surface area contributed by atoms with Gasteiger partial charge < -0.3 is 9.73 Å². The van der Waals surface area contributed by atoms with Crippen LogP contribution < -0.4 is 5.32 Å². The average molecular weight is 219 g/mol. The van der Waals surface area contributed by atoms with Crippen molar-refractivity contribution in [1.29, 1.82) is 0 Å². The van der Waals surface area contributed by atoms with Crippen LogP contribution in [0, 0.1) is 5.82 Å². The van der Waals surface area contributed by atoms with Crippen molar-refractivity contribution in [3.05, 3.63) is 48.0 Å². The van der Waals surface area contributed by atoms with E-state index in [1.54, 1.807) is 24.5 Å². The fourth-order valence-corrected chi connectivity index (χ4v) is 1.60. The first-order valence-electron chi connectivity index (χ1n) is 5.23. The highest BCUT2D eigenvalue weighted by Gasteiger charge is 2.11. The molecule has 1 unspecified atom stereocenters. The van der Waals surface area contributed by atoms with E-state index in [2.05, 4.69) is 5.32 Å². The predicted molar refractivity (Wildman–Crippen MR) is 61.6 cm³/mol. The van der Waals surface area contributed by atoms with Gasteiger partial charge in [-0.25, -0.2) is 4.39 Å². The fraction of sp³-hybridized carbons (Fsp3) is 0.231. The fourth-order valence-electron chi connectivity index (χ4n) is 1.60. The Morgan fingerprint density at radius 1 is 1.31 bits per heavy atom. The molecule has 3 heteroatoms. The molecule has 0 aliphatic rings. The van der Waals surface area contributed by atoms with Crippen molar-refractivity contribution < 1.29 is 8.81 Å². The van der Waals surface area contributed by atoms with Crippen LogP contribution in [0.5, 0.6) is 0 Å². The maximum absolute atomic E-state index is 13.6. The SMILES string of the molecule is CNC(C)c1ccc(F)c(-c2ccco2)c1. The summed E-state index contributed by atoms with van der Waals surface area (Å²) in [7, 11) is 1.88. The van der Waals surface area contributed by atoms with Crippen molar-refractivity contribution in [3.8, 4) is 11.3 Å². The molecule has 2 nitrogen and oxygen atoms in total. The van der Waals surface area contributed by atoms with Crippen LogP contribution in [0.3, 0.4) is 0 Å². The first kappa shape index (κ1) is 10.9. The molecule has 0 saturated heterocycles. The number of hydrogen-bond donors (Lipinski definition) is 1. The lowest BCUT2D eigenvalue weighted by atomic mass is 10.0. The van der Waals surface area contributed by atoms with Crippen LogP contribution in [0.1, 0.15) is 18.5 Å². The second-order valence-corrected chi connectivity index (χ2v) is 3.73. The molecule has 0 aliphatic carbocycles. The number of halogens is 1. The Morgan fingerprint density at radius 2 is 2.12 bits per heavy atom. The lowest BCUT2D eigenvalue weighted by Crippen LogP contribution is -2.12. The Kier molecular flexibility index (Phi) is 3.06. The molecule has 2 aromatic rings. The zero-order valence-electron chi connectivity index (χ0n) is 9.33. The minimum atomic E-state index is -0.262. The molecule has 84 valence electrons. The van der Waals surface area contributed by atoms with Crippen LogP contribution in [0.4, 0.5) is 4.39 Å². The smallest absolute Gasteiger partial charge is 0.136 e. The van der Waals surface area contributed by atoms with Crippen molar-refractivity contribution >= 4 is 0 Å². The molecule has 0 radical (unpaired) electrons. The van der Waals surface area contributed by atoms with Gasteiger partial charge in [-0.1, -0.05) is 6.07 Å². The van der Waals surface area contributed by atoms with Crippen molar-refractivity contribution in [2.45, 2.75) is 13.0 Å². The lowest BCUT2D eigenvalue weighted by Gasteiger charge is -2.11. The first-order valence-corrected chi connectivity index (χ1v) is 5.23. The van der Waals surface area contributed by atoms with Crippen molar-refractivity contribution in [2.24, 2.45) is 0 Å². The molecule has 0 amide bonds. The second-order valence-electron chi connectivity index (χ2n) is 3.73. The molecule has 1 aromatic carbocycles. The second kappa shape index (κ2) is 4.49. The number of furan rings is 1. The Bertz CT molecular complexity index is 465. The van der Waals surface area contributed by atoms with E-state index in [1.807, 2.05) is 20.0 Å². The third kappa shape index (κ3) is 1.99. The minimum absolute atomic E-state index is 0.189. The van der Waals surface area contributed by atoms with Gasteiger partial charge in [-0.05, 0) is 43.8 Å². The van der Waals surface area contributed by atoms with Crippen molar-refractivity contribution in [3.63, 3.8) is 0 Å². The molecule has 16 heavy (non-hydrogen) atoms. The monoisotopic (exact) mass is 219 g/mol. The summed E-state index contributed by atoms with van der Waals surface area (Å²) in [5.41, 5.74) is 1.54. The van der Waals surface area contributed by atoms with E-state index in [-0.39, 0.29) is 11.9 Å². The molecule has 0 saturated carbocycles. The molecule has 1 atom stereocenters. The zero-order valence-corrected chi connectivity index (χ0v) is 9.33. The van der Waals surface area contributed by atoms with Gasteiger partial charge in [-0.2, -0.15) is 0 Å². The summed E-state index contributed by atoms with van der Waals surface area (Å²) in [6.45, 7) is 2.03. The Morgan fingerprint density at radius 3 is 2.75 bits per heavy atom. The summed E-state index contributed by atoms with van der Waals surface area (Å²) >= 11 is 0. The van der Waals surface area contributed by atoms with Gasteiger partial charge in [0.2, 0.25) is 0 Å². The van der Waals surface area contributed by atoms with Crippen LogP contribution in [-0.2, 0) is 0 Å². The normalized spacial score (nSPS) is 12.7. The van der Waals surface area contributed by atoms with Gasteiger partial charge in [0.15, 0.2) is 0 Å². The van der Waals surface area contributed by atoms with Crippen LogP contribution in [0.2, 0.25) is 0 Å². The van der Waals surface area contributed by atoms with Crippen LogP contribution in [-0.4, -0.2) is 7.05 Å². The van der Waals surface area contributed by atoms with Crippen LogP contribution in [0.25, 0.3) is 11.3 Å². The van der Waals surface area contributed by atoms with Gasteiger partial charge in [0, 0.05) is 6.04 Å². The first-order chi connectivity index (χ1) is 7.72. The van der Waals surface area contributed by atoms with Crippen LogP contribution in [0.15, 0.2) is 41.0 Å². The molecule has 1 aromatic heterocycles. The Hall–Kier alpha value is -1.61. The maximum atomic E-state index is 13.6. The van der Waals surface area contributed by atoms with E-state index in [0.717, 1.165) is 5.56 Å². The molecule has 0 spiro atoms. The van der Waals surface area contributed by atoms with Gasteiger partial charge in [0.05, 0.1) is 11.8 Å². The highest BCUT2D eigenvalue weighted by molar-refractivity contribution is 5.59. The third-order valence-electron chi connectivity index (χ3n) is 2.71. The highest BCUT2D eigenvalue weighted by atomic mass is 19.1. The van der Waals surface area contributed by atoms with Gasteiger partial charge in [0.1, 0.15) is 11.6 Å². The molecular formula is C13H14FNO. The summed E-state index contributed by atoms with van der Waals surface area (Å²) in [5.74, 6) is 0.296. The molecule has 2 rings (SSSR count). The Labute approximate surface area is 94.1 Å². The lowest BCUT2D eigenvalue weighted by molar-refractivity contribution is 0.568. The quantitative estimate of drug-likeness (QED) is 0.856. The number of hydrogen-bond acceptors (Lipinski definition) is 2. The highest BCUT2D eigenvalue weighted by Crippen LogP contribution is 2.26. The predicted octanol–water partition coefficient (Wildman–Crippen LogP) is 3.37. The molecule has 1 N–H and O–H groups in total. The van der Waals surface area contributed by atoms with Gasteiger partial charge >= 0.3 is 0 Å². The number of nitrogens with one attached hydrogen (secondary N) is 1. The summed E-state index contributed by atoms with van der Waals surface area (Å²) in [4.78, 5) is 0. The van der Waals surface area contributed by atoms with Crippen molar-refractivity contribution in [1.82, 2.24) is 5.32 Å². The van der Waals surface area contributed by atoms with E-state index in [4.69, 9.17) is 4.42 Å². The van der Waals surface area contributed by atoms with E-state index >= 15 is 0 Å². The minimum Gasteiger partial charge on any atom is -0.464 e. The van der Waals surface area contributed by atoms with Gasteiger partial charge in [0.25, 0.3) is 0 Å². The third-order valence-corrected chi connectivity index (χ3v) is 2.71. The molecule has 0 bridgehead atoms. The zero-order chi connectivity index (χ0) is 11.5.